The summed E-state index contributed by atoms with van der Waals surface area (Å²) in [4.78, 5) is 52.6. The molecule has 3 N–H and O–H groups in total. The van der Waals surface area contributed by atoms with Gasteiger partial charge in [0.1, 0.15) is 23.4 Å². The lowest BCUT2D eigenvalue weighted by atomic mass is 10.1. The van der Waals surface area contributed by atoms with Crippen molar-refractivity contribution in [3.8, 4) is 23.0 Å². The number of allylic oxidation sites excluding steroid dienone is 1. The summed E-state index contributed by atoms with van der Waals surface area (Å²) in [5.74, 6) is -0.263. The van der Waals surface area contributed by atoms with E-state index in [1.807, 2.05) is 61.5 Å². The Kier molecular flexibility index (Phi) is 9.15. The van der Waals surface area contributed by atoms with Crippen molar-refractivity contribution in [2.24, 2.45) is 5.92 Å². The normalized spacial score (nSPS) is 26.7. The van der Waals surface area contributed by atoms with Gasteiger partial charge in [-0.2, -0.15) is 4.98 Å². The van der Waals surface area contributed by atoms with Crippen LogP contribution in [0.25, 0.3) is 22.3 Å². The lowest BCUT2D eigenvalue weighted by Gasteiger charge is -2.27. The highest BCUT2D eigenvalue weighted by molar-refractivity contribution is 7.91. The SMILES string of the molecule is COc1ccc2c(O[C@@H]3C[C@H]4C(=O)N[C@]5(C(=O)NS(=O)(=O)C6(C)CC6)C[C@H]5/C=C\CCCCCNC(=O)N4C3)nc(-c3ccccc3)nc2c1C. The molecule has 13 nitrogen and oxygen atoms in total. The van der Waals surface area contributed by atoms with Crippen molar-refractivity contribution in [3.05, 3.63) is 60.2 Å². The third-order valence-electron chi connectivity index (χ3n) is 10.7. The van der Waals surface area contributed by atoms with E-state index in [9.17, 15) is 22.8 Å². The van der Waals surface area contributed by atoms with Gasteiger partial charge in [0.25, 0.3) is 5.91 Å². The van der Waals surface area contributed by atoms with Crippen LogP contribution in [0.3, 0.4) is 0 Å². The van der Waals surface area contributed by atoms with Crippen LogP contribution in [0.4, 0.5) is 4.79 Å². The van der Waals surface area contributed by atoms with Crippen LogP contribution in [0.2, 0.25) is 0 Å². The molecular formula is C37H44N6O7S. The number of sulfonamides is 1. The second-order valence-corrected chi connectivity index (χ2v) is 16.5. The molecule has 0 spiro atoms. The van der Waals surface area contributed by atoms with Crippen molar-refractivity contribution in [2.45, 2.75) is 87.6 Å². The van der Waals surface area contributed by atoms with Crippen molar-refractivity contribution in [2.75, 3.05) is 20.2 Å². The number of amides is 4. The van der Waals surface area contributed by atoms with Crippen LogP contribution in [0.15, 0.2) is 54.6 Å². The first-order valence-corrected chi connectivity index (χ1v) is 19.1. The minimum atomic E-state index is -3.94. The number of nitrogens with zero attached hydrogens (tertiary/aromatic N) is 3. The van der Waals surface area contributed by atoms with Crippen molar-refractivity contribution >= 4 is 38.8 Å². The van der Waals surface area contributed by atoms with Gasteiger partial charge < -0.3 is 25.0 Å². The van der Waals surface area contributed by atoms with Gasteiger partial charge in [-0.25, -0.2) is 18.2 Å². The maximum Gasteiger partial charge on any atom is 0.318 e. The summed E-state index contributed by atoms with van der Waals surface area (Å²) >= 11 is 0. The van der Waals surface area contributed by atoms with Crippen molar-refractivity contribution < 1.29 is 32.3 Å². The first-order valence-electron chi connectivity index (χ1n) is 17.6. The molecule has 4 atom stereocenters. The highest BCUT2D eigenvalue weighted by Crippen LogP contribution is 2.47. The molecule has 2 aliphatic heterocycles. The van der Waals surface area contributed by atoms with E-state index in [4.69, 9.17) is 19.4 Å². The van der Waals surface area contributed by atoms with E-state index in [0.29, 0.717) is 47.7 Å². The molecule has 3 fully saturated rings. The summed E-state index contributed by atoms with van der Waals surface area (Å²) in [5.41, 5.74) is 0.805. The van der Waals surface area contributed by atoms with E-state index in [0.717, 1.165) is 36.8 Å². The lowest BCUT2D eigenvalue weighted by Crippen LogP contribution is -2.57. The molecule has 0 bridgehead atoms. The van der Waals surface area contributed by atoms with Crippen LogP contribution < -0.4 is 24.8 Å². The number of ether oxygens (including phenoxy) is 2. The Bertz CT molecular complexity index is 2000. The number of aromatic nitrogens is 2. The van der Waals surface area contributed by atoms with Crippen LogP contribution in [-0.2, 0) is 19.6 Å². The molecule has 1 saturated heterocycles. The molecular weight excluding hydrogens is 673 g/mol. The van der Waals surface area contributed by atoms with E-state index < -0.39 is 50.3 Å². The number of aryl methyl sites for hydroxylation is 1. The predicted octanol–water partition coefficient (Wildman–Crippen LogP) is 4.15. The zero-order valence-corrected chi connectivity index (χ0v) is 29.9. The van der Waals surface area contributed by atoms with Crippen molar-refractivity contribution in [1.82, 2.24) is 30.2 Å². The maximum absolute atomic E-state index is 14.2. The average Bonchev–Trinajstić information content (AvgIpc) is 4.00. The van der Waals surface area contributed by atoms with E-state index in [1.165, 1.54) is 4.90 Å². The van der Waals surface area contributed by atoms with Gasteiger partial charge in [0.2, 0.25) is 21.8 Å². The third-order valence-corrected chi connectivity index (χ3v) is 12.8. The van der Waals surface area contributed by atoms with Crippen molar-refractivity contribution in [1.29, 1.82) is 0 Å². The number of methoxy groups -OCH3 is 1. The van der Waals surface area contributed by atoms with Gasteiger partial charge in [0.05, 0.1) is 29.3 Å². The summed E-state index contributed by atoms with van der Waals surface area (Å²) in [6, 6.07) is 11.8. The summed E-state index contributed by atoms with van der Waals surface area (Å²) in [7, 11) is -2.34. The Morgan fingerprint density at radius 3 is 2.59 bits per heavy atom. The fourth-order valence-electron chi connectivity index (χ4n) is 7.01. The highest BCUT2D eigenvalue weighted by atomic mass is 32.2. The van der Waals surface area contributed by atoms with E-state index in [2.05, 4.69) is 15.4 Å². The molecule has 2 saturated carbocycles. The molecule has 4 aliphatic rings. The first-order chi connectivity index (χ1) is 24.4. The van der Waals surface area contributed by atoms with E-state index in [-0.39, 0.29) is 25.3 Å². The van der Waals surface area contributed by atoms with Crippen LogP contribution in [-0.4, -0.2) is 83.8 Å². The van der Waals surface area contributed by atoms with E-state index >= 15 is 0 Å². The van der Waals surface area contributed by atoms with Gasteiger partial charge in [-0.1, -0.05) is 48.9 Å². The van der Waals surface area contributed by atoms with Crippen LogP contribution in [0.5, 0.6) is 11.6 Å². The van der Waals surface area contributed by atoms with Crippen molar-refractivity contribution in [3.63, 3.8) is 0 Å². The predicted molar refractivity (Wildman–Crippen MR) is 190 cm³/mol. The van der Waals surface area contributed by atoms with Gasteiger partial charge in [-0.05, 0) is 64.5 Å². The summed E-state index contributed by atoms with van der Waals surface area (Å²) in [6.45, 7) is 4.05. The van der Waals surface area contributed by atoms with Crippen LogP contribution in [0, 0.1) is 12.8 Å². The quantitative estimate of drug-likeness (QED) is 0.304. The highest BCUT2D eigenvalue weighted by Gasteiger charge is 2.63. The van der Waals surface area contributed by atoms with Gasteiger partial charge in [0.15, 0.2) is 5.82 Å². The third kappa shape index (κ3) is 6.73. The molecule has 3 heterocycles. The molecule has 4 amide bonds. The summed E-state index contributed by atoms with van der Waals surface area (Å²) in [5, 5.41) is 6.51. The molecule has 270 valence electrons. The Balaban J connectivity index is 1.19. The van der Waals surface area contributed by atoms with E-state index in [1.54, 1.807) is 14.0 Å². The molecule has 2 aliphatic carbocycles. The number of hydrogen-bond acceptors (Lipinski definition) is 9. The maximum atomic E-state index is 14.2. The summed E-state index contributed by atoms with van der Waals surface area (Å²) < 4.78 is 39.5. The number of nitrogens with one attached hydrogen (secondary N) is 3. The van der Waals surface area contributed by atoms with Gasteiger partial charge in [-0.3, -0.25) is 14.3 Å². The fourth-order valence-corrected chi connectivity index (χ4v) is 8.33. The van der Waals surface area contributed by atoms with Gasteiger partial charge in [-0.15, -0.1) is 0 Å². The largest absolute Gasteiger partial charge is 0.496 e. The lowest BCUT2D eigenvalue weighted by molar-refractivity contribution is -0.131. The number of rotatable bonds is 7. The molecule has 2 aromatic carbocycles. The average molecular weight is 717 g/mol. The molecule has 0 radical (unpaired) electrons. The first kappa shape index (κ1) is 34.7. The molecule has 7 rings (SSSR count). The second-order valence-electron chi connectivity index (χ2n) is 14.3. The zero-order valence-electron chi connectivity index (χ0n) is 29.1. The van der Waals surface area contributed by atoms with Crippen LogP contribution in [0.1, 0.15) is 63.9 Å². The number of carbonyl (C=O) groups excluding carboxylic acids is 3. The Hall–Kier alpha value is -4.72. The number of carbonyl (C=O) groups is 3. The van der Waals surface area contributed by atoms with Gasteiger partial charge >= 0.3 is 6.03 Å². The minimum Gasteiger partial charge on any atom is -0.496 e. The second kappa shape index (κ2) is 13.4. The molecule has 0 unspecified atom stereocenters. The Labute approximate surface area is 297 Å². The zero-order chi connectivity index (χ0) is 36.0. The minimum absolute atomic E-state index is 0.0838. The molecule has 3 aromatic rings. The smallest absolute Gasteiger partial charge is 0.318 e. The number of urea groups is 1. The fraction of sp³-hybridized carbons (Fsp3) is 0.486. The summed E-state index contributed by atoms with van der Waals surface area (Å²) in [6.07, 6.45) is 7.88. The molecule has 51 heavy (non-hydrogen) atoms. The molecule has 14 heteroatoms. The topological polar surface area (TPSA) is 169 Å². The molecule has 1 aromatic heterocycles. The Morgan fingerprint density at radius 2 is 1.84 bits per heavy atom. The monoisotopic (exact) mass is 716 g/mol. The number of fused-ring (bicyclic) bond motifs is 3. The standard InChI is InChI=1S/C37H44N6O7S/c1-23-29(49-3)16-15-27-30(23)39-31(24-12-8-7-9-13-24)40-33(27)50-26-20-28-32(44)41-37(34(45)42-51(47,48)36(2)17-18-36)21-25(37)14-10-5-4-6-11-19-38-35(46)43(28)22-26/h7-10,12-16,25-26,28H,4-6,11,17-22H2,1-3H3,(H,38,46)(H,41,44)(H,42,45)/b14-10-/t25-,26-,28+,37-/m1/s1. The number of hydrogen-bond donors (Lipinski definition) is 3. The van der Waals surface area contributed by atoms with Crippen LogP contribution >= 0.6 is 0 Å². The Morgan fingerprint density at radius 1 is 1.06 bits per heavy atom. The number of benzene rings is 2. The van der Waals surface area contributed by atoms with Gasteiger partial charge in [0, 0.05) is 30.0 Å².